The molecule has 0 heteroatoms. The number of fused-ring (bicyclic) bond motifs is 3. The average molecular weight is 605 g/mol. The van der Waals surface area contributed by atoms with E-state index in [0.717, 1.165) is 0 Å². The standard InChI is InChI=1S/C46H52/c1-43(2,3)31-18-16-29(17-19-31)41-37-24-21-34(46(10,11)12)28-40(37)42(38-25-22-33(27-39(38)41)45(7,8)9)36-15-13-14-30-26-32(44(4,5)6)20-23-35(30)36/h13-28H,1-12H3. The summed E-state index contributed by atoms with van der Waals surface area (Å²) >= 11 is 0. The van der Waals surface area contributed by atoms with Gasteiger partial charge in [-0.3, -0.25) is 0 Å². The molecule has 0 nitrogen and oxygen atoms in total. The van der Waals surface area contributed by atoms with Gasteiger partial charge in [-0.15, -0.1) is 0 Å². The molecular formula is C46H52. The molecule has 0 heterocycles. The molecule has 0 radical (unpaired) electrons. The molecule has 236 valence electrons. The van der Waals surface area contributed by atoms with Gasteiger partial charge in [-0.05, 0) is 111 Å². The molecule has 0 saturated heterocycles. The molecule has 0 aliphatic rings. The molecule has 0 N–H and O–H groups in total. The van der Waals surface area contributed by atoms with Gasteiger partial charge in [0.15, 0.2) is 0 Å². The van der Waals surface area contributed by atoms with E-state index in [4.69, 9.17) is 0 Å². The molecule has 0 saturated carbocycles. The van der Waals surface area contributed by atoms with Crippen LogP contribution < -0.4 is 0 Å². The first kappa shape index (κ1) is 32.1. The number of benzene rings is 6. The smallest absolute Gasteiger partial charge is 0.00200 e. The quantitative estimate of drug-likeness (QED) is 0.172. The van der Waals surface area contributed by atoms with Crippen molar-refractivity contribution in [1.29, 1.82) is 0 Å². The van der Waals surface area contributed by atoms with E-state index in [1.807, 2.05) is 0 Å². The molecule has 0 spiro atoms. The monoisotopic (exact) mass is 604 g/mol. The van der Waals surface area contributed by atoms with Crippen LogP contribution in [0, 0.1) is 0 Å². The first-order valence-electron chi connectivity index (χ1n) is 17.0. The number of hydrogen-bond acceptors (Lipinski definition) is 0. The minimum Gasteiger partial charge on any atom is -0.0610 e. The maximum Gasteiger partial charge on any atom is -0.00200 e. The molecule has 0 fully saturated rings. The van der Waals surface area contributed by atoms with E-state index in [-0.39, 0.29) is 21.7 Å². The Morgan fingerprint density at radius 3 is 1.24 bits per heavy atom. The predicted molar refractivity (Wildman–Crippen MR) is 205 cm³/mol. The summed E-state index contributed by atoms with van der Waals surface area (Å²) in [5.74, 6) is 0. The van der Waals surface area contributed by atoms with Gasteiger partial charge in [0.2, 0.25) is 0 Å². The molecule has 0 bridgehead atoms. The van der Waals surface area contributed by atoms with Crippen molar-refractivity contribution >= 4 is 32.3 Å². The van der Waals surface area contributed by atoms with Gasteiger partial charge in [0.25, 0.3) is 0 Å². The number of rotatable bonds is 2. The summed E-state index contributed by atoms with van der Waals surface area (Å²) in [7, 11) is 0. The molecule has 0 aliphatic heterocycles. The summed E-state index contributed by atoms with van der Waals surface area (Å²) in [6, 6.07) is 37.8. The molecule has 6 rings (SSSR count). The first-order chi connectivity index (χ1) is 21.3. The molecule has 6 aromatic rings. The SMILES string of the molecule is CC(C)(C)c1ccc(-c2c3cc(C(C)(C)C)ccc3c(-c3cccc4cc(C(C)(C)C)ccc34)c3cc(C(C)(C)C)ccc23)cc1. The van der Waals surface area contributed by atoms with Crippen LogP contribution in [-0.4, -0.2) is 0 Å². The Balaban J connectivity index is 1.80. The highest BCUT2D eigenvalue weighted by atomic mass is 14.3. The van der Waals surface area contributed by atoms with Crippen molar-refractivity contribution in [3.05, 3.63) is 119 Å². The maximum atomic E-state index is 2.48. The van der Waals surface area contributed by atoms with Crippen LogP contribution in [-0.2, 0) is 21.7 Å². The molecular weight excluding hydrogens is 553 g/mol. The van der Waals surface area contributed by atoms with Crippen molar-refractivity contribution < 1.29 is 0 Å². The second-order valence-electron chi connectivity index (χ2n) is 17.6. The lowest BCUT2D eigenvalue weighted by Crippen LogP contribution is -2.12. The van der Waals surface area contributed by atoms with Gasteiger partial charge in [0, 0.05) is 0 Å². The van der Waals surface area contributed by atoms with Crippen LogP contribution in [0.1, 0.15) is 105 Å². The van der Waals surface area contributed by atoms with Gasteiger partial charge in [-0.1, -0.05) is 168 Å². The zero-order valence-electron chi connectivity index (χ0n) is 30.2. The summed E-state index contributed by atoms with van der Waals surface area (Å²) in [6.07, 6.45) is 0. The Morgan fingerprint density at radius 1 is 0.326 bits per heavy atom. The van der Waals surface area contributed by atoms with Gasteiger partial charge in [-0.25, -0.2) is 0 Å². The molecule has 0 aromatic heterocycles. The highest BCUT2D eigenvalue weighted by Gasteiger charge is 2.24. The third kappa shape index (κ3) is 5.77. The van der Waals surface area contributed by atoms with Crippen LogP contribution in [0.4, 0.5) is 0 Å². The zero-order valence-corrected chi connectivity index (χ0v) is 30.2. The minimum atomic E-state index is 0.0331. The lowest BCUT2D eigenvalue weighted by molar-refractivity contribution is 0.590. The maximum absolute atomic E-state index is 2.48. The van der Waals surface area contributed by atoms with Gasteiger partial charge >= 0.3 is 0 Å². The fourth-order valence-corrected chi connectivity index (χ4v) is 6.87. The van der Waals surface area contributed by atoms with E-state index in [2.05, 4.69) is 180 Å². The first-order valence-corrected chi connectivity index (χ1v) is 17.0. The Morgan fingerprint density at radius 2 is 0.739 bits per heavy atom. The second kappa shape index (κ2) is 10.8. The van der Waals surface area contributed by atoms with Crippen LogP contribution in [0.2, 0.25) is 0 Å². The molecule has 6 aromatic carbocycles. The van der Waals surface area contributed by atoms with Crippen LogP contribution in [0.25, 0.3) is 54.6 Å². The third-order valence-electron chi connectivity index (χ3n) is 9.90. The normalized spacial score (nSPS) is 13.2. The van der Waals surface area contributed by atoms with Gasteiger partial charge in [0.1, 0.15) is 0 Å². The van der Waals surface area contributed by atoms with E-state index in [0.29, 0.717) is 0 Å². The van der Waals surface area contributed by atoms with E-state index >= 15 is 0 Å². The van der Waals surface area contributed by atoms with E-state index in [1.165, 1.54) is 76.8 Å². The fraction of sp³-hybridized carbons (Fsp3) is 0.348. The highest BCUT2D eigenvalue weighted by molar-refractivity contribution is 6.23. The summed E-state index contributed by atoms with van der Waals surface area (Å²) in [5.41, 5.74) is 11.0. The molecule has 0 aliphatic carbocycles. The van der Waals surface area contributed by atoms with Crippen molar-refractivity contribution in [1.82, 2.24) is 0 Å². The van der Waals surface area contributed by atoms with Crippen molar-refractivity contribution in [2.45, 2.75) is 105 Å². The summed E-state index contributed by atoms with van der Waals surface area (Å²) in [5, 5.41) is 7.88. The minimum absolute atomic E-state index is 0.0331. The van der Waals surface area contributed by atoms with Gasteiger partial charge in [0.05, 0.1) is 0 Å². The van der Waals surface area contributed by atoms with Gasteiger partial charge in [-0.2, -0.15) is 0 Å². The lowest BCUT2D eigenvalue weighted by Gasteiger charge is -2.26. The van der Waals surface area contributed by atoms with Gasteiger partial charge < -0.3 is 0 Å². The van der Waals surface area contributed by atoms with Crippen molar-refractivity contribution in [2.75, 3.05) is 0 Å². The van der Waals surface area contributed by atoms with E-state index in [9.17, 15) is 0 Å². The van der Waals surface area contributed by atoms with Crippen LogP contribution >= 0.6 is 0 Å². The van der Waals surface area contributed by atoms with Crippen molar-refractivity contribution in [3.8, 4) is 22.3 Å². The zero-order chi connectivity index (χ0) is 33.4. The third-order valence-corrected chi connectivity index (χ3v) is 9.90. The van der Waals surface area contributed by atoms with Crippen molar-refractivity contribution in [2.24, 2.45) is 0 Å². The van der Waals surface area contributed by atoms with Crippen molar-refractivity contribution in [3.63, 3.8) is 0 Å². The number of hydrogen-bond donors (Lipinski definition) is 0. The molecule has 0 unspecified atom stereocenters. The van der Waals surface area contributed by atoms with Crippen LogP contribution in [0.3, 0.4) is 0 Å². The Labute approximate surface area is 277 Å². The summed E-state index contributed by atoms with van der Waals surface area (Å²) in [6.45, 7) is 27.7. The Kier molecular flexibility index (Phi) is 7.55. The molecule has 46 heavy (non-hydrogen) atoms. The Bertz CT molecular complexity index is 2090. The highest BCUT2D eigenvalue weighted by Crippen LogP contribution is 2.47. The summed E-state index contributed by atoms with van der Waals surface area (Å²) < 4.78 is 0. The molecule has 0 amide bonds. The molecule has 0 atom stereocenters. The topological polar surface area (TPSA) is 0 Å². The van der Waals surface area contributed by atoms with E-state index < -0.39 is 0 Å². The predicted octanol–water partition coefficient (Wildman–Crippen LogP) is 13.7. The average Bonchev–Trinajstić information content (AvgIpc) is 2.97. The second-order valence-corrected chi connectivity index (χ2v) is 17.6. The van der Waals surface area contributed by atoms with E-state index in [1.54, 1.807) is 0 Å². The summed E-state index contributed by atoms with van der Waals surface area (Å²) in [4.78, 5) is 0. The van der Waals surface area contributed by atoms with Crippen LogP contribution in [0.5, 0.6) is 0 Å². The largest absolute Gasteiger partial charge is 0.0610 e. The van der Waals surface area contributed by atoms with Crippen LogP contribution in [0.15, 0.2) is 97.1 Å². The lowest BCUT2D eigenvalue weighted by atomic mass is 9.78. The Hall–Kier alpha value is -3.90. The fourth-order valence-electron chi connectivity index (χ4n) is 6.87.